The summed E-state index contributed by atoms with van der Waals surface area (Å²) in [6.45, 7) is 6.21. The Bertz CT molecular complexity index is 606. The molecule has 0 aromatic carbocycles. The Hall–Kier alpha value is -1.63. The standard InChI is InChI=1S/C13H18BrN5O/c1-10(2)8-19-13(20)12(14)11(7-17-19)16-4-6-18-5-3-15-9-18/h3,5,7,9-10,16H,4,6,8H2,1-2H3. The number of imidazole rings is 1. The summed E-state index contributed by atoms with van der Waals surface area (Å²) in [5.41, 5.74) is 0.612. The minimum atomic E-state index is -0.105. The number of rotatable bonds is 6. The van der Waals surface area contributed by atoms with Crippen LogP contribution in [-0.2, 0) is 13.1 Å². The molecular weight excluding hydrogens is 322 g/mol. The van der Waals surface area contributed by atoms with Gasteiger partial charge in [0, 0.05) is 32.0 Å². The molecule has 20 heavy (non-hydrogen) atoms. The third-order valence-corrected chi connectivity index (χ3v) is 3.53. The van der Waals surface area contributed by atoms with E-state index in [9.17, 15) is 4.79 Å². The van der Waals surface area contributed by atoms with Crippen molar-refractivity contribution >= 4 is 21.6 Å². The lowest BCUT2D eigenvalue weighted by Gasteiger charge is -2.11. The van der Waals surface area contributed by atoms with Gasteiger partial charge in [0.15, 0.2) is 0 Å². The molecule has 0 spiro atoms. The van der Waals surface area contributed by atoms with Crippen molar-refractivity contribution in [3.05, 3.63) is 39.7 Å². The largest absolute Gasteiger partial charge is 0.381 e. The van der Waals surface area contributed by atoms with E-state index >= 15 is 0 Å². The van der Waals surface area contributed by atoms with Crippen LogP contribution in [0.5, 0.6) is 0 Å². The first-order valence-corrected chi connectivity index (χ1v) is 7.32. The van der Waals surface area contributed by atoms with Crippen LogP contribution in [0.1, 0.15) is 13.8 Å². The molecule has 0 atom stereocenters. The SMILES string of the molecule is CC(C)Cn1ncc(NCCn2ccnc2)c(Br)c1=O. The summed E-state index contributed by atoms with van der Waals surface area (Å²) in [5.74, 6) is 0.382. The van der Waals surface area contributed by atoms with Crippen LogP contribution in [0.15, 0.2) is 34.2 Å². The Morgan fingerprint density at radius 2 is 2.25 bits per heavy atom. The van der Waals surface area contributed by atoms with Gasteiger partial charge in [0.1, 0.15) is 4.47 Å². The molecule has 0 fully saturated rings. The van der Waals surface area contributed by atoms with E-state index in [0.29, 0.717) is 23.5 Å². The first-order chi connectivity index (χ1) is 9.58. The summed E-state index contributed by atoms with van der Waals surface area (Å²) in [6.07, 6.45) is 7.08. The summed E-state index contributed by atoms with van der Waals surface area (Å²) < 4.78 is 3.98. The molecule has 0 saturated carbocycles. The van der Waals surface area contributed by atoms with Crippen LogP contribution in [0.3, 0.4) is 0 Å². The van der Waals surface area contributed by atoms with Crippen molar-refractivity contribution in [3.63, 3.8) is 0 Å². The minimum absolute atomic E-state index is 0.105. The monoisotopic (exact) mass is 339 g/mol. The second kappa shape index (κ2) is 6.69. The van der Waals surface area contributed by atoms with Gasteiger partial charge in [-0.25, -0.2) is 9.67 Å². The molecule has 0 aliphatic rings. The molecule has 7 heteroatoms. The fourth-order valence-corrected chi connectivity index (χ4v) is 2.25. The normalized spacial score (nSPS) is 11.0. The van der Waals surface area contributed by atoms with Gasteiger partial charge in [0.05, 0.1) is 18.2 Å². The van der Waals surface area contributed by atoms with Gasteiger partial charge in [-0.1, -0.05) is 13.8 Å². The fourth-order valence-electron chi connectivity index (χ4n) is 1.80. The van der Waals surface area contributed by atoms with Gasteiger partial charge in [0.25, 0.3) is 5.56 Å². The minimum Gasteiger partial charge on any atom is -0.381 e. The average Bonchev–Trinajstić information content (AvgIpc) is 2.90. The van der Waals surface area contributed by atoms with Crippen LogP contribution >= 0.6 is 15.9 Å². The van der Waals surface area contributed by atoms with E-state index < -0.39 is 0 Å². The van der Waals surface area contributed by atoms with Crippen LogP contribution in [0, 0.1) is 5.92 Å². The lowest BCUT2D eigenvalue weighted by Crippen LogP contribution is -2.26. The summed E-state index contributed by atoms with van der Waals surface area (Å²) in [7, 11) is 0. The zero-order valence-electron chi connectivity index (χ0n) is 11.6. The number of hydrogen-bond acceptors (Lipinski definition) is 4. The van der Waals surface area contributed by atoms with E-state index in [1.165, 1.54) is 4.68 Å². The summed E-state index contributed by atoms with van der Waals surface area (Å²) in [5, 5.41) is 7.39. The van der Waals surface area contributed by atoms with Crippen LogP contribution in [-0.4, -0.2) is 25.9 Å². The zero-order chi connectivity index (χ0) is 14.5. The Labute approximate surface area is 126 Å². The molecule has 2 heterocycles. The van der Waals surface area contributed by atoms with E-state index in [-0.39, 0.29) is 5.56 Å². The molecule has 2 aromatic heterocycles. The highest BCUT2D eigenvalue weighted by Gasteiger charge is 2.09. The van der Waals surface area contributed by atoms with E-state index in [1.54, 1.807) is 18.7 Å². The summed E-state index contributed by atoms with van der Waals surface area (Å²) in [6, 6.07) is 0. The highest BCUT2D eigenvalue weighted by Crippen LogP contribution is 2.16. The van der Waals surface area contributed by atoms with Crippen LogP contribution in [0.25, 0.3) is 0 Å². The first-order valence-electron chi connectivity index (χ1n) is 6.53. The Morgan fingerprint density at radius 1 is 1.45 bits per heavy atom. The van der Waals surface area contributed by atoms with Crippen molar-refractivity contribution in [1.29, 1.82) is 0 Å². The van der Waals surface area contributed by atoms with Gasteiger partial charge in [-0.05, 0) is 21.8 Å². The molecule has 2 aromatic rings. The van der Waals surface area contributed by atoms with Crippen molar-refractivity contribution in [3.8, 4) is 0 Å². The predicted octanol–water partition coefficient (Wildman–Crippen LogP) is 1.97. The summed E-state index contributed by atoms with van der Waals surface area (Å²) in [4.78, 5) is 16.1. The van der Waals surface area contributed by atoms with Crippen molar-refractivity contribution in [2.75, 3.05) is 11.9 Å². The second-order valence-corrected chi connectivity index (χ2v) is 5.77. The van der Waals surface area contributed by atoms with Crippen molar-refractivity contribution in [1.82, 2.24) is 19.3 Å². The van der Waals surface area contributed by atoms with Gasteiger partial charge in [-0.15, -0.1) is 0 Å². The zero-order valence-corrected chi connectivity index (χ0v) is 13.2. The van der Waals surface area contributed by atoms with Crippen LogP contribution in [0.4, 0.5) is 5.69 Å². The van der Waals surface area contributed by atoms with Gasteiger partial charge in [-0.2, -0.15) is 5.10 Å². The maximum absolute atomic E-state index is 12.1. The average molecular weight is 340 g/mol. The van der Waals surface area contributed by atoms with Gasteiger partial charge >= 0.3 is 0 Å². The molecule has 0 aliphatic heterocycles. The van der Waals surface area contributed by atoms with Crippen molar-refractivity contribution < 1.29 is 0 Å². The van der Waals surface area contributed by atoms with Crippen LogP contribution in [0.2, 0.25) is 0 Å². The molecule has 0 bridgehead atoms. The third kappa shape index (κ3) is 3.69. The Balaban J connectivity index is 2.02. The molecule has 0 aliphatic carbocycles. The lowest BCUT2D eigenvalue weighted by molar-refractivity contribution is 0.462. The number of aromatic nitrogens is 4. The van der Waals surface area contributed by atoms with Gasteiger partial charge < -0.3 is 9.88 Å². The topological polar surface area (TPSA) is 64.7 Å². The fraction of sp³-hybridized carbons (Fsp3) is 0.462. The maximum atomic E-state index is 12.1. The maximum Gasteiger partial charge on any atom is 0.283 e. The number of nitrogens with zero attached hydrogens (tertiary/aromatic N) is 4. The Kier molecular flexibility index (Phi) is 4.94. The number of halogens is 1. The molecule has 0 amide bonds. The first kappa shape index (κ1) is 14.8. The molecule has 108 valence electrons. The summed E-state index contributed by atoms with van der Waals surface area (Å²) >= 11 is 3.34. The predicted molar refractivity (Wildman–Crippen MR) is 81.8 cm³/mol. The molecule has 1 N–H and O–H groups in total. The van der Waals surface area contributed by atoms with Gasteiger partial charge in [-0.3, -0.25) is 4.79 Å². The van der Waals surface area contributed by atoms with Gasteiger partial charge in [0.2, 0.25) is 0 Å². The molecule has 0 radical (unpaired) electrons. The van der Waals surface area contributed by atoms with E-state index in [0.717, 1.165) is 12.2 Å². The van der Waals surface area contributed by atoms with E-state index in [4.69, 9.17) is 0 Å². The molecule has 0 unspecified atom stereocenters. The number of anilines is 1. The van der Waals surface area contributed by atoms with E-state index in [1.807, 2.05) is 10.8 Å². The highest BCUT2D eigenvalue weighted by molar-refractivity contribution is 9.10. The molecule has 2 rings (SSSR count). The smallest absolute Gasteiger partial charge is 0.283 e. The molecule has 0 saturated heterocycles. The highest BCUT2D eigenvalue weighted by atomic mass is 79.9. The molecule has 6 nitrogen and oxygen atoms in total. The number of hydrogen-bond donors (Lipinski definition) is 1. The third-order valence-electron chi connectivity index (χ3n) is 2.77. The Morgan fingerprint density at radius 3 is 2.90 bits per heavy atom. The lowest BCUT2D eigenvalue weighted by atomic mass is 10.2. The van der Waals surface area contributed by atoms with Crippen LogP contribution < -0.4 is 10.9 Å². The second-order valence-electron chi connectivity index (χ2n) is 4.98. The number of nitrogens with one attached hydrogen (secondary N) is 1. The van der Waals surface area contributed by atoms with E-state index in [2.05, 4.69) is 45.2 Å². The van der Waals surface area contributed by atoms with Crippen molar-refractivity contribution in [2.24, 2.45) is 5.92 Å². The van der Waals surface area contributed by atoms with Crippen molar-refractivity contribution in [2.45, 2.75) is 26.9 Å². The quantitative estimate of drug-likeness (QED) is 0.873. The molecular formula is C13H18BrN5O.